The van der Waals surface area contributed by atoms with Crippen molar-refractivity contribution in [2.45, 2.75) is 32.2 Å². The van der Waals surface area contributed by atoms with Crippen LogP contribution < -0.4 is 5.73 Å². The normalized spacial score (nSPS) is 13.2. The second kappa shape index (κ2) is 4.67. The molecule has 0 aliphatic carbocycles. The SMILES string of the molecule is CCCCC(N)c1occc1Br. The lowest BCUT2D eigenvalue weighted by atomic mass is 10.1. The third-order valence-corrected chi connectivity index (χ3v) is 2.51. The topological polar surface area (TPSA) is 39.2 Å². The molecule has 1 aromatic heterocycles. The molecule has 68 valence electrons. The van der Waals surface area contributed by atoms with Crippen molar-refractivity contribution in [1.82, 2.24) is 0 Å². The Morgan fingerprint density at radius 3 is 2.92 bits per heavy atom. The van der Waals surface area contributed by atoms with Gasteiger partial charge >= 0.3 is 0 Å². The molecule has 0 aromatic carbocycles. The average molecular weight is 232 g/mol. The van der Waals surface area contributed by atoms with Gasteiger partial charge in [0.2, 0.25) is 0 Å². The highest BCUT2D eigenvalue weighted by Gasteiger charge is 2.11. The molecule has 0 amide bonds. The number of halogens is 1. The maximum atomic E-state index is 5.90. The van der Waals surface area contributed by atoms with Gasteiger partial charge in [-0.2, -0.15) is 0 Å². The summed E-state index contributed by atoms with van der Waals surface area (Å²) < 4.78 is 6.23. The number of hydrogen-bond donors (Lipinski definition) is 1. The third kappa shape index (κ3) is 2.35. The highest BCUT2D eigenvalue weighted by Crippen LogP contribution is 2.25. The Hall–Kier alpha value is -0.280. The Bertz CT molecular complexity index is 234. The van der Waals surface area contributed by atoms with Crippen LogP contribution in [-0.2, 0) is 0 Å². The van der Waals surface area contributed by atoms with Crippen molar-refractivity contribution in [3.8, 4) is 0 Å². The Labute approximate surface area is 81.3 Å². The molecule has 1 rings (SSSR count). The molecule has 3 heteroatoms. The summed E-state index contributed by atoms with van der Waals surface area (Å²) in [6.07, 6.45) is 4.97. The number of furan rings is 1. The lowest BCUT2D eigenvalue weighted by Gasteiger charge is -2.07. The molecule has 1 atom stereocenters. The van der Waals surface area contributed by atoms with Gasteiger partial charge < -0.3 is 10.2 Å². The molecular weight excluding hydrogens is 218 g/mol. The fraction of sp³-hybridized carbons (Fsp3) is 0.556. The zero-order chi connectivity index (χ0) is 8.97. The smallest absolute Gasteiger partial charge is 0.134 e. The van der Waals surface area contributed by atoms with Crippen molar-refractivity contribution < 1.29 is 4.42 Å². The maximum absolute atomic E-state index is 5.90. The Kier molecular flexibility index (Phi) is 3.82. The second-order valence-electron chi connectivity index (χ2n) is 2.88. The summed E-state index contributed by atoms with van der Waals surface area (Å²) in [6, 6.07) is 1.91. The lowest BCUT2D eigenvalue weighted by molar-refractivity contribution is 0.442. The summed E-state index contributed by atoms with van der Waals surface area (Å²) in [4.78, 5) is 0. The molecule has 0 radical (unpaired) electrons. The first-order valence-corrected chi connectivity index (χ1v) is 5.03. The number of rotatable bonds is 4. The van der Waals surface area contributed by atoms with E-state index in [1.807, 2.05) is 6.07 Å². The van der Waals surface area contributed by atoms with Crippen LogP contribution in [0.1, 0.15) is 38.0 Å². The van der Waals surface area contributed by atoms with Crippen LogP contribution in [0.3, 0.4) is 0 Å². The van der Waals surface area contributed by atoms with E-state index in [1.165, 1.54) is 6.42 Å². The highest BCUT2D eigenvalue weighted by molar-refractivity contribution is 9.10. The van der Waals surface area contributed by atoms with Gasteiger partial charge in [-0.15, -0.1) is 0 Å². The van der Waals surface area contributed by atoms with Crippen molar-refractivity contribution >= 4 is 15.9 Å². The lowest BCUT2D eigenvalue weighted by Crippen LogP contribution is -2.09. The van der Waals surface area contributed by atoms with Gasteiger partial charge in [-0.1, -0.05) is 19.8 Å². The van der Waals surface area contributed by atoms with E-state index in [1.54, 1.807) is 6.26 Å². The van der Waals surface area contributed by atoms with Crippen molar-refractivity contribution in [3.05, 3.63) is 22.6 Å². The molecule has 0 saturated heterocycles. The van der Waals surface area contributed by atoms with Gasteiger partial charge in [0, 0.05) is 0 Å². The first-order valence-electron chi connectivity index (χ1n) is 4.24. The number of unbranched alkanes of at least 4 members (excludes halogenated alkanes) is 1. The van der Waals surface area contributed by atoms with Crippen molar-refractivity contribution in [1.29, 1.82) is 0 Å². The maximum Gasteiger partial charge on any atom is 0.134 e. The zero-order valence-electron chi connectivity index (χ0n) is 7.22. The minimum absolute atomic E-state index is 0.0364. The largest absolute Gasteiger partial charge is 0.466 e. The average Bonchev–Trinajstić information content (AvgIpc) is 2.47. The molecule has 0 saturated carbocycles. The first-order chi connectivity index (χ1) is 5.75. The second-order valence-corrected chi connectivity index (χ2v) is 3.74. The molecule has 0 aliphatic rings. The van der Waals surface area contributed by atoms with Crippen LogP contribution in [0.2, 0.25) is 0 Å². The van der Waals surface area contributed by atoms with Gasteiger partial charge in [-0.05, 0) is 28.4 Å². The van der Waals surface area contributed by atoms with E-state index in [-0.39, 0.29) is 6.04 Å². The van der Waals surface area contributed by atoms with Crippen LogP contribution in [0, 0.1) is 0 Å². The van der Waals surface area contributed by atoms with E-state index in [0.29, 0.717) is 0 Å². The molecule has 1 heterocycles. The Morgan fingerprint density at radius 1 is 1.67 bits per heavy atom. The molecule has 12 heavy (non-hydrogen) atoms. The molecule has 2 nitrogen and oxygen atoms in total. The number of nitrogens with two attached hydrogens (primary N) is 1. The van der Waals surface area contributed by atoms with E-state index in [0.717, 1.165) is 23.1 Å². The van der Waals surface area contributed by atoms with Gasteiger partial charge in [0.15, 0.2) is 0 Å². The van der Waals surface area contributed by atoms with E-state index >= 15 is 0 Å². The molecule has 0 bridgehead atoms. The summed E-state index contributed by atoms with van der Waals surface area (Å²) in [6.45, 7) is 2.16. The van der Waals surface area contributed by atoms with Crippen molar-refractivity contribution in [3.63, 3.8) is 0 Å². The fourth-order valence-corrected chi connectivity index (χ4v) is 1.62. The fourth-order valence-electron chi connectivity index (χ4n) is 1.13. The van der Waals surface area contributed by atoms with E-state index in [2.05, 4.69) is 22.9 Å². The quantitative estimate of drug-likeness (QED) is 0.865. The standard InChI is InChI=1S/C9H14BrNO/c1-2-3-4-8(11)9-7(10)5-6-12-9/h5-6,8H,2-4,11H2,1H3. The van der Waals surface area contributed by atoms with Crippen molar-refractivity contribution in [2.75, 3.05) is 0 Å². The predicted octanol–water partition coefficient (Wildman–Crippen LogP) is 3.23. The van der Waals surface area contributed by atoms with Crippen LogP contribution in [0.15, 0.2) is 21.2 Å². The van der Waals surface area contributed by atoms with E-state index < -0.39 is 0 Å². The van der Waals surface area contributed by atoms with Crippen LogP contribution in [0.5, 0.6) is 0 Å². The molecule has 1 aromatic rings. The minimum atomic E-state index is 0.0364. The summed E-state index contributed by atoms with van der Waals surface area (Å²) in [5, 5.41) is 0. The summed E-state index contributed by atoms with van der Waals surface area (Å²) in [5.41, 5.74) is 5.90. The summed E-state index contributed by atoms with van der Waals surface area (Å²) in [7, 11) is 0. The van der Waals surface area contributed by atoms with E-state index in [4.69, 9.17) is 10.2 Å². The zero-order valence-corrected chi connectivity index (χ0v) is 8.80. The van der Waals surface area contributed by atoms with Gasteiger partial charge in [0.25, 0.3) is 0 Å². The molecule has 1 unspecified atom stereocenters. The van der Waals surface area contributed by atoms with Crippen LogP contribution in [-0.4, -0.2) is 0 Å². The molecule has 0 fully saturated rings. The van der Waals surface area contributed by atoms with Gasteiger partial charge in [-0.25, -0.2) is 0 Å². The first kappa shape index (κ1) is 9.81. The summed E-state index contributed by atoms with van der Waals surface area (Å²) in [5.74, 6) is 0.864. The number of hydrogen-bond acceptors (Lipinski definition) is 2. The monoisotopic (exact) mass is 231 g/mol. The minimum Gasteiger partial charge on any atom is -0.466 e. The van der Waals surface area contributed by atoms with Crippen LogP contribution in [0.25, 0.3) is 0 Å². The molecule has 0 spiro atoms. The van der Waals surface area contributed by atoms with Gasteiger partial charge in [0.1, 0.15) is 5.76 Å². The summed E-state index contributed by atoms with van der Waals surface area (Å²) >= 11 is 3.39. The highest BCUT2D eigenvalue weighted by atomic mass is 79.9. The van der Waals surface area contributed by atoms with Crippen molar-refractivity contribution in [2.24, 2.45) is 5.73 Å². The van der Waals surface area contributed by atoms with Gasteiger partial charge in [0.05, 0.1) is 16.8 Å². The van der Waals surface area contributed by atoms with E-state index in [9.17, 15) is 0 Å². The van der Waals surface area contributed by atoms with Crippen LogP contribution >= 0.6 is 15.9 Å². The van der Waals surface area contributed by atoms with Gasteiger partial charge in [-0.3, -0.25) is 0 Å². The third-order valence-electron chi connectivity index (χ3n) is 1.85. The Morgan fingerprint density at radius 2 is 2.42 bits per heavy atom. The molecule has 0 aliphatic heterocycles. The molecular formula is C9H14BrNO. The predicted molar refractivity (Wildman–Crippen MR) is 52.9 cm³/mol. The Balaban J connectivity index is 2.52. The van der Waals surface area contributed by atoms with Crippen LogP contribution in [0.4, 0.5) is 0 Å². The molecule has 2 N–H and O–H groups in total.